The number of aliphatic hydroxyl groups is 1. The Balaban J connectivity index is 2.09. The van der Waals surface area contributed by atoms with Crippen molar-refractivity contribution in [3.8, 4) is 0 Å². The van der Waals surface area contributed by atoms with Crippen LogP contribution in [0.5, 0.6) is 0 Å². The Hall–Kier alpha value is -2.13. The first-order chi connectivity index (χ1) is 10.6. The van der Waals surface area contributed by atoms with Gasteiger partial charge in [0, 0.05) is 0 Å². The average Bonchev–Trinajstić information content (AvgIpc) is 2.55. The Morgan fingerprint density at radius 1 is 1.05 bits per heavy atom. The zero-order chi connectivity index (χ0) is 15.9. The van der Waals surface area contributed by atoms with Gasteiger partial charge in [-0.05, 0) is 37.0 Å². The number of rotatable bonds is 6. The fourth-order valence-electron chi connectivity index (χ4n) is 2.28. The molecular weight excluding hydrogens is 276 g/mol. The molecule has 0 saturated heterocycles. The van der Waals surface area contributed by atoms with Crippen LogP contribution in [0.2, 0.25) is 0 Å². The van der Waals surface area contributed by atoms with Gasteiger partial charge in [-0.25, -0.2) is 0 Å². The van der Waals surface area contributed by atoms with Gasteiger partial charge < -0.3 is 9.84 Å². The average molecular weight is 298 g/mol. The number of aliphatic hydroxyl groups excluding tert-OH is 1. The highest BCUT2D eigenvalue weighted by atomic mass is 16.6. The third-order valence-electron chi connectivity index (χ3n) is 3.63. The molecular formula is C19H22O3. The molecule has 0 bridgehead atoms. The summed E-state index contributed by atoms with van der Waals surface area (Å²) in [5.74, 6) is -0.650. The molecule has 0 radical (unpaired) electrons. The van der Waals surface area contributed by atoms with Gasteiger partial charge in [-0.15, -0.1) is 0 Å². The lowest BCUT2D eigenvalue weighted by atomic mass is 9.96. The first-order valence-electron chi connectivity index (χ1n) is 7.54. The van der Waals surface area contributed by atoms with Gasteiger partial charge in [-0.3, -0.25) is 4.79 Å². The number of hydrogen-bond acceptors (Lipinski definition) is 3. The summed E-state index contributed by atoms with van der Waals surface area (Å²) in [5.41, 5.74) is 3.34. The standard InChI is InChI=1S/C19H22O3/c1-14(13-20)22-19(21)15(2)18-10-6-9-17(12-18)11-16-7-4-3-5-8-16/h3-10,12,14-15,20H,11,13H2,1-2H3. The van der Waals surface area contributed by atoms with E-state index in [9.17, 15) is 4.79 Å². The quantitative estimate of drug-likeness (QED) is 0.832. The summed E-state index contributed by atoms with van der Waals surface area (Å²) in [6, 6.07) is 18.2. The van der Waals surface area contributed by atoms with Crippen molar-refractivity contribution in [3.63, 3.8) is 0 Å². The molecule has 0 heterocycles. The van der Waals surface area contributed by atoms with Gasteiger partial charge in [0.25, 0.3) is 0 Å². The largest absolute Gasteiger partial charge is 0.460 e. The molecule has 0 aliphatic rings. The van der Waals surface area contributed by atoms with Crippen LogP contribution in [0, 0.1) is 0 Å². The number of carbonyl (C=O) groups is 1. The van der Waals surface area contributed by atoms with Crippen LogP contribution in [0.3, 0.4) is 0 Å². The first kappa shape index (κ1) is 16.2. The van der Waals surface area contributed by atoms with E-state index >= 15 is 0 Å². The second-order valence-corrected chi connectivity index (χ2v) is 5.56. The number of benzene rings is 2. The van der Waals surface area contributed by atoms with Gasteiger partial charge in [-0.1, -0.05) is 54.6 Å². The van der Waals surface area contributed by atoms with E-state index in [0.29, 0.717) is 0 Å². The molecule has 0 saturated carbocycles. The molecule has 2 aromatic rings. The van der Waals surface area contributed by atoms with E-state index in [0.717, 1.165) is 12.0 Å². The van der Waals surface area contributed by atoms with E-state index in [2.05, 4.69) is 18.2 Å². The third kappa shape index (κ3) is 4.43. The fraction of sp³-hybridized carbons (Fsp3) is 0.316. The van der Waals surface area contributed by atoms with Crippen molar-refractivity contribution in [3.05, 3.63) is 71.3 Å². The molecule has 3 nitrogen and oxygen atoms in total. The van der Waals surface area contributed by atoms with Crippen molar-refractivity contribution in [2.75, 3.05) is 6.61 Å². The molecule has 0 spiro atoms. The topological polar surface area (TPSA) is 46.5 Å². The molecule has 22 heavy (non-hydrogen) atoms. The van der Waals surface area contributed by atoms with Crippen LogP contribution in [0.1, 0.15) is 36.5 Å². The minimum atomic E-state index is -0.470. The van der Waals surface area contributed by atoms with E-state index in [4.69, 9.17) is 9.84 Å². The molecule has 2 aromatic carbocycles. The SMILES string of the molecule is CC(CO)OC(=O)C(C)c1cccc(Cc2ccccc2)c1. The van der Waals surface area contributed by atoms with Crippen LogP contribution in [-0.4, -0.2) is 23.8 Å². The smallest absolute Gasteiger partial charge is 0.313 e. The van der Waals surface area contributed by atoms with E-state index in [-0.39, 0.29) is 18.5 Å². The highest BCUT2D eigenvalue weighted by Crippen LogP contribution is 2.20. The summed E-state index contributed by atoms with van der Waals surface area (Å²) in [6.07, 6.45) is 0.367. The maximum Gasteiger partial charge on any atom is 0.313 e. The second kappa shape index (κ2) is 7.76. The normalized spacial score (nSPS) is 13.4. The molecule has 116 valence electrons. The van der Waals surface area contributed by atoms with E-state index < -0.39 is 6.10 Å². The van der Waals surface area contributed by atoms with Gasteiger partial charge in [0.15, 0.2) is 0 Å². The molecule has 0 aliphatic carbocycles. The van der Waals surface area contributed by atoms with Crippen LogP contribution in [0.15, 0.2) is 54.6 Å². The van der Waals surface area contributed by atoms with Crippen molar-refractivity contribution in [1.82, 2.24) is 0 Å². The van der Waals surface area contributed by atoms with Crippen molar-refractivity contribution >= 4 is 5.97 Å². The zero-order valence-corrected chi connectivity index (χ0v) is 13.0. The fourth-order valence-corrected chi connectivity index (χ4v) is 2.28. The minimum absolute atomic E-state index is 0.160. The van der Waals surface area contributed by atoms with Crippen molar-refractivity contribution < 1.29 is 14.6 Å². The second-order valence-electron chi connectivity index (χ2n) is 5.56. The molecule has 3 heteroatoms. The molecule has 2 rings (SSSR count). The maximum absolute atomic E-state index is 12.0. The Morgan fingerprint density at radius 2 is 1.73 bits per heavy atom. The first-order valence-corrected chi connectivity index (χ1v) is 7.54. The number of esters is 1. The third-order valence-corrected chi connectivity index (χ3v) is 3.63. The van der Waals surface area contributed by atoms with E-state index in [1.807, 2.05) is 43.3 Å². The summed E-state index contributed by atoms with van der Waals surface area (Å²) in [5, 5.41) is 8.97. The number of hydrogen-bond donors (Lipinski definition) is 1. The summed E-state index contributed by atoms with van der Waals surface area (Å²) in [4.78, 5) is 12.0. The molecule has 1 N–H and O–H groups in total. The van der Waals surface area contributed by atoms with Crippen LogP contribution >= 0.6 is 0 Å². The molecule has 0 aliphatic heterocycles. The van der Waals surface area contributed by atoms with Gasteiger partial charge in [0.1, 0.15) is 6.10 Å². The molecule has 0 fully saturated rings. The van der Waals surface area contributed by atoms with E-state index in [1.165, 1.54) is 11.1 Å². The summed E-state index contributed by atoms with van der Waals surface area (Å²) < 4.78 is 5.18. The summed E-state index contributed by atoms with van der Waals surface area (Å²) >= 11 is 0. The Labute approximate surface area is 131 Å². The van der Waals surface area contributed by atoms with Gasteiger partial charge in [-0.2, -0.15) is 0 Å². The molecule has 0 amide bonds. The number of ether oxygens (including phenoxy) is 1. The van der Waals surface area contributed by atoms with Crippen LogP contribution < -0.4 is 0 Å². The summed E-state index contributed by atoms with van der Waals surface area (Å²) in [6.45, 7) is 3.34. The van der Waals surface area contributed by atoms with Gasteiger partial charge >= 0.3 is 5.97 Å². The Kier molecular flexibility index (Phi) is 5.73. The van der Waals surface area contributed by atoms with Crippen LogP contribution in [-0.2, 0) is 16.0 Å². The Morgan fingerprint density at radius 3 is 2.41 bits per heavy atom. The minimum Gasteiger partial charge on any atom is -0.460 e. The monoisotopic (exact) mass is 298 g/mol. The lowest BCUT2D eigenvalue weighted by molar-refractivity contribution is -0.151. The van der Waals surface area contributed by atoms with E-state index in [1.54, 1.807) is 6.92 Å². The van der Waals surface area contributed by atoms with Crippen LogP contribution in [0.25, 0.3) is 0 Å². The van der Waals surface area contributed by atoms with Gasteiger partial charge in [0.05, 0.1) is 12.5 Å². The predicted molar refractivity (Wildman–Crippen MR) is 86.7 cm³/mol. The maximum atomic E-state index is 12.0. The lowest BCUT2D eigenvalue weighted by Crippen LogP contribution is -2.22. The molecule has 2 unspecified atom stereocenters. The predicted octanol–water partition coefficient (Wildman–Crippen LogP) is 3.30. The van der Waals surface area contributed by atoms with Gasteiger partial charge in [0.2, 0.25) is 0 Å². The Bertz CT molecular complexity index is 607. The van der Waals surface area contributed by atoms with Crippen molar-refractivity contribution in [2.24, 2.45) is 0 Å². The lowest BCUT2D eigenvalue weighted by Gasteiger charge is -2.16. The molecule has 0 aromatic heterocycles. The van der Waals surface area contributed by atoms with Crippen LogP contribution in [0.4, 0.5) is 0 Å². The van der Waals surface area contributed by atoms with Crippen molar-refractivity contribution in [2.45, 2.75) is 32.3 Å². The zero-order valence-electron chi connectivity index (χ0n) is 13.0. The molecule has 2 atom stereocenters. The summed E-state index contributed by atoms with van der Waals surface area (Å²) in [7, 11) is 0. The van der Waals surface area contributed by atoms with Crippen molar-refractivity contribution in [1.29, 1.82) is 0 Å². The highest BCUT2D eigenvalue weighted by molar-refractivity contribution is 5.77. The highest BCUT2D eigenvalue weighted by Gasteiger charge is 2.19. The number of carbonyl (C=O) groups excluding carboxylic acids is 1.